The maximum absolute atomic E-state index is 6.13. The normalized spacial score (nSPS) is 35.1. The van der Waals surface area contributed by atoms with Gasteiger partial charge in [-0.05, 0) is 53.9 Å². The molecular weight excluding hydrogens is 239 g/mol. The number of rotatable bonds is 3. The predicted octanol–water partition coefficient (Wildman–Crippen LogP) is 3.59. The fourth-order valence-corrected chi connectivity index (χ4v) is 2.81. The minimum absolute atomic E-state index is 0.101. The molecule has 0 aliphatic carbocycles. The Labute approximate surface area is 117 Å². The average Bonchev–Trinajstić information content (AvgIpc) is 2.49. The minimum atomic E-state index is -0.292. The van der Waals surface area contributed by atoms with Crippen LogP contribution in [-0.2, 0) is 14.0 Å². The summed E-state index contributed by atoms with van der Waals surface area (Å²) in [4.78, 5) is 0. The van der Waals surface area contributed by atoms with E-state index in [1.165, 1.54) is 6.42 Å². The van der Waals surface area contributed by atoms with Crippen LogP contribution in [0.3, 0.4) is 0 Å². The highest BCUT2D eigenvalue weighted by Gasteiger charge is 2.54. The smallest absolute Gasteiger partial charge is 0.403 e. The molecule has 3 nitrogen and oxygen atoms in total. The Morgan fingerprint density at radius 1 is 1.16 bits per heavy atom. The summed E-state index contributed by atoms with van der Waals surface area (Å²) in [5.41, 5.74) is -0.585. The van der Waals surface area contributed by atoms with Gasteiger partial charge in [0.15, 0.2) is 0 Å². The van der Waals surface area contributed by atoms with E-state index in [2.05, 4.69) is 41.2 Å². The van der Waals surface area contributed by atoms with Gasteiger partial charge in [-0.2, -0.15) is 0 Å². The molecule has 2 rings (SSSR count). The summed E-state index contributed by atoms with van der Waals surface area (Å²) in [5, 5.41) is 0. The monoisotopic (exact) mass is 266 g/mol. The Morgan fingerprint density at radius 2 is 1.74 bits per heavy atom. The Kier molecular flexibility index (Phi) is 4.15. The highest BCUT2D eigenvalue weighted by atomic mass is 16.7. The Hall–Kier alpha value is -0.315. The second-order valence-corrected chi connectivity index (χ2v) is 6.85. The fourth-order valence-electron chi connectivity index (χ4n) is 2.81. The van der Waals surface area contributed by atoms with E-state index in [0.717, 1.165) is 12.8 Å². The Balaban J connectivity index is 2.09. The summed E-state index contributed by atoms with van der Waals surface area (Å²) < 4.78 is 18.3. The van der Waals surface area contributed by atoms with Crippen LogP contribution in [0.1, 0.15) is 53.9 Å². The second kappa shape index (κ2) is 5.23. The first-order valence-corrected chi connectivity index (χ1v) is 7.40. The van der Waals surface area contributed by atoms with Gasteiger partial charge in [-0.3, -0.25) is 0 Å². The van der Waals surface area contributed by atoms with Crippen molar-refractivity contribution in [1.29, 1.82) is 0 Å². The summed E-state index contributed by atoms with van der Waals surface area (Å²) in [6.07, 6.45) is 5.83. The number of ether oxygens (including phenoxy) is 1. The molecule has 3 atom stereocenters. The van der Waals surface area contributed by atoms with E-state index in [9.17, 15) is 0 Å². The standard InChI is InChI=1S/C15H27BO3/c1-7-12(13-10-8-9-11(2)17-13)16-18-14(3,4)15(5,6)19-16/h7,11-13H,1,8-10H2,2-6H3/t11?,12-,13+/m1/s1. The lowest BCUT2D eigenvalue weighted by molar-refractivity contribution is -0.0412. The van der Waals surface area contributed by atoms with E-state index in [4.69, 9.17) is 14.0 Å². The van der Waals surface area contributed by atoms with Crippen LogP contribution >= 0.6 is 0 Å². The molecule has 2 heterocycles. The van der Waals surface area contributed by atoms with E-state index in [-0.39, 0.29) is 30.2 Å². The molecule has 0 radical (unpaired) electrons. The third kappa shape index (κ3) is 2.91. The van der Waals surface area contributed by atoms with Gasteiger partial charge in [-0.15, -0.1) is 6.58 Å². The Bertz CT molecular complexity index is 324. The van der Waals surface area contributed by atoms with E-state index in [1.54, 1.807) is 0 Å². The van der Waals surface area contributed by atoms with Gasteiger partial charge in [-0.25, -0.2) is 0 Å². The van der Waals surface area contributed by atoms with Crippen LogP contribution in [0.2, 0.25) is 5.82 Å². The van der Waals surface area contributed by atoms with Crippen LogP contribution in [0.5, 0.6) is 0 Å². The molecule has 1 unspecified atom stereocenters. The van der Waals surface area contributed by atoms with Crippen LogP contribution in [0.25, 0.3) is 0 Å². The lowest BCUT2D eigenvalue weighted by atomic mass is 9.67. The maximum Gasteiger partial charge on any atom is 0.467 e. The van der Waals surface area contributed by atoms with Crippen LogP contribution in [0, 0.1) is 0 Å². The van der Waals surface area contributed by atoms with Gasteiger partial charge in [0.25, 0.3) is 0 Å². The summed E-state index contributed by atoms with van der Waals surface area (Å²) in [6, 6.07) is 0. The van der Waals surface area contributed by atoms with Crippen LogP contribution in [0.15, 0.2) is 12.7 Å². The molecule has 0 amide bonds. The SMILES string of the molecule is C=C[C@@H](B1OC(C)(C)C(C)(C)O1)[C@@H]1CCCC(C)O1. The summed E-state index contributed by atoms with van der Waals surface area (Å²) >= 11 is 0. The molecule has 0 aromatic heterocycles. The van der Waals surface area contributed by atoms with Crippen molar-refractivity contribution in [1.82, 2.24) is 0 Å². The third-order valence-electron chi connectivity index (χ3n) is 4.79. The zero-order valence-corrected chi connectivity index (χ0v) is 12.9. The molecule has 0 saturated carbocycles. The molecule has 2 fully saturated rings. The topological polar surface area (TPSA) is 27.7 Å². The molecule has 108 valence electrons. The summed E-state index contributed by atoms with van der Waals surface area (Å²) in [6.45, 7) is 14.4. The first kappa shape index (κ1) is 15.1. The first-order chi connectivity index (χ1) is 8.77. The van der Waals surface area contributed by atoms with E-state index in [0.29, 0.717) is 6.10 Å². The van der Waals surface area contributed by atoms with Crippen molar-refractivity contribution in [3.05, 3.63) is 12.7 Å². The quantitative estimate of drug-likeness (QED) is 0.577. The lowest BCUT2D eigenvalue weighted by Gasteiger charge is -2.33. The van der Waals surface area contributed by atoms with Crippen molar-refractivity contribution in [3.8, 4) is 0 Å². The zero-order valence-electron chi connectivity index (χ0n) is 12.9. The van der Waals surface area contributed by atoms with E-state index in [1.807, 2.05) is 6.08 Å². The highest BCUT2D eigenvalue weighted by Crippen LogP contribution is 2.42. The molecule has 0 bridgehead atoms. The van der Waals surface area contributed by atoms with Crippen molar-refractivity contribution in [2.45, 2.75) is 83.1 Å². The van der Waals surface area contributed by atoms with Gasteiger partial charge in [0.2, 0.25) is 0 Å². The molecule has 0 aromatic carbocycles. The van der Waals surface area contributed by atoms with Crippen molar-refractivity contribution in [2.75, 3.05) is 0 Å². The molecule has 19 heavy (non-hydrogen) atoms. The highest BCUT2D eigenvalue weighted by molar-refractivity contribution is 6.48. The molecule has 2 aliphatic heterocycles. The van der Waals surface area contributed by atoms with E-state index >= 15 is 0 Å². The fraction of sp³-hybridized carbons (Fsp3) is 0.867. The van der Waals surface area contributed by atoms with Gasteiger partial charge in [0.1, 0.15) is 0 Å². The zero-order chi connectivity index (χ0) is 14.3. The first-order valence-electron chi connectivity index (χ1n) is 7.40. The predicted molar refractivity (Wildman–Crippen MR) is 78.2 cm³/mol. The lowest BCUT2D eigenvalue weighted by Crippen LogP contribution is -2.41. The van der Waals surface area contributed by atoms with Gasteiger partial charge in [-0.1, -0.05) is 6.08 Å². The van der Waals surface area contributed by atoms with Gasteiger partial charge in [0.05, 0.1) is 23.4 Å². The van der Waals surface area contributed by atoms with Crippen LogP contribution in [0.4, 0.5) is 0 Å². The van der Waals surface area contributed by atoms with E-state index < -0.39 is 0 Å². The van der Waals surface area contributed by atoms with Crippen LogP contribution < -0.4 is 0 Å². The Morgan fingerprint density at radius 3 is 2.21 bits per heavy atom. The van der Waals surface area contributed by atoms with Gasteiger partial charge >= 0.3 is 7.12 Å². The summed E-state index contributed by atoms with van der Waals surface area (Å²) in [7, 11) is -0.252. The molecule has 0 spiro atoms. The largest absolute Gasteiger partial charge is 0.467 e. The summed E-state index contributed by atoms with van der Waals surface area (Å²) in [5.74, 6) is 0.101. The van der Waals surface area contributed by atoms with Crippen molar-refractivity contribution in [2.24, 2.45) is 0 Å². The number of hydrogen-bond donors (Lipinski definition) is 0. The van der Waals surface area contributed by atoms with Gasteiger partial charge < -0.3 is 14.0 Å². The van der Waals surface area contributed by atoms with Gasteiger partial charge in [0, 0.05) is 5.82 Å². The van der Waals surface area contributed by atoms with Crippen LogP contribution in [-0.4, -0.2) is 30.5 Å². The molecular formula is C15H27BO3. The van der Waals surface area contributed by atoms with Crippen molar-refractivity contribution >= 4 is 7.12 Å². The molecule has 0 N–H and O–H groups in total. The van der Waals surface area contributed by atoms with Crippen molar-refractivity contribution < 1.29 is 14.0 Å². The maximum atomic E-state index is 6.13. The average molecular weight is 266 g/mol. The minimum Gasteiger partial charge on any atom is -0.403 e. The third-order valence-corrected chi connectivity index (χ3v) is 4.79. The second-order valence-electron chi connectivity index (χ2n) is 6.85. The molecule has 2 aliphatic rings. The number of hydrogen-bond acceptors (Lipinski definition) is 3. The molecule has 4 heteroatoms. The molecule has 2 saturated heterocycles. The van der Waals surface area contributed by atoms with Crippen molar-refractivity contribution in [3.63, 3.8) is 0 Å². The molecule has 0 aromatic rings.